The Bertz CT molecular complexity index is 537. The number of aryl methyl sites for hydroxylation is 1. The lowest BCUT2D eigenvalue weighted by molar-refractivity contribution is 0.340. The summed E-state index contributed by atoms with van der Waals surface area (Å²) >= 11 is 0. The van der Waals surface area contributed by atoms with Gasteiger partial charge in [0.1, 0.15) is 11.6 Å². The van der Waals surface area contributed by atoms with Crippen molar-refractivity contribution in [2.24, 2.45) is 0 Å². The molecule has 2 aromatic rings. The number of anilines is 1. The summed E-state index contributed by atoms with van der Waals surface area (Å²) in [5.41, 5.74) is 2.58. The molecule has 0 fully saturated rings. The number of rotatable bonds is 5. The topological polar surface area (TPSA) is 21.3 Å². The minimum absolute atomic E-state index is 0.184. The van der Waals surface area contributed by atoms with E-state index in [1.54, 1.807) is 13.0 Å². The van der Waals surface area contributed by atoms with E-state index in [0.29, 0.717) is 18.7 Å². The first kappa shape index (κ1) is 13.4. The van der Waals surface area contributed by atoms with Gasteiger partial charge in [-0.05, 0) is 49.2 Å². The lowest BCUT2D eigenvalue weighted by Gasteiger charge is -2.08. The molecule has 0 spiro atoms. The highest BCUT2D eigenvalue weighted by atomic mass is 19.1. The van der Waals surface area contributed by atoms with Gasteiger partial charge in [0.05, 0.1) is 6.61 Å². The molecular formula is C16H18FNO. The molecule has 0 atom stereocenters. The van der Waals surface area contributed by atoms with Crippen LogP contribution in [0.2, 0.25) is 0 Å². The number of benzene rings is 2. The van der Waals surface area contributed by atoms with Gasteiger partial charge in [-0.3, -0.25) is 0 Å². The van der Waals surface area contributed by atoms with Gasteiger partial charge in [0.15, 0.2) is 0 Å². The summed E-state index contributed by atoms with van der Waals surface area (Å²) in [7, 11) is 0. The predicted molar refractivity (Wildman–Crippen MR) is 76.1 cm³/mol. The van der Waals surface area contributed by atoms with Crippen LogP contribution in [0, 0.1) is 12.7 Å². The number of halogens is 1. The second kappa shape index (κ2) is 6.23. The van der Waals surface area contributed by atoms with E-state index in [-0.39, 0.29) is 5.82 Å². The quantitative estimate of drug-likeness (QED) is 0.871. The van der Waals surface area contributed by atoms with Gasteiger partial charge in [0.2, 0.25) is 0 Å². The standard InChI is InChI=1S/C16H18FNO/c1-3-19-15-8-5-13(6-9-15)11-18-14-7-4-12(2)16(17)10-14/h4-10,18H,3,11H2,1-2H3. The van der Waals surface area contributed by atoms with Gasteiger partial charge >= 0.3 is 0 Å². The third-order valence-electron chi connectivity index (χ3n) is 2.90. The maximum Gasteiger partial charge on any atom is 0.128 e. The molecule has 1 N–H and O–H groups in total. The summed E-state index contributed by atoms with van der Waals surface area (Å²) in [5.74, 6) is 0.685. The van der Waals surface area contributed by atoms with Crippen molar-refractivity contribution in [1.29, 1.82) is 0 Å². The first-order chi connectivity index (χ1) is 9.19. The fraction of sp³-hybridized carbons (Fsp3) is 0.250. The summed E-state index contributed by atoms with van der Waals surface area (Å²) in [6.45, 7) is 5.04. The number of nitrogens with one attached hydrogen (secondary N) is 1. The highest BCUT2D eigenvalue weighted by Crippen LogP contribution is 2.16. The fourth-order valence-electron chi connectivity index (χ4n) is 1.78. The van der Waals surface area contributed by atoms with Crippen LogP contribution in [0.5, 0.6) is 5.75 Å². The van der Waals surface area contributed by atoms with Gasteiger partial charge < -0.3 is 10.1 Å². The summed E-state index contributed by atoms with van der Waals surface area (Å²) in [6, 6.07) is 13.1. The average molecular weight is 259 g/mol. The minimum atomic E-state index is -0.184. The molecule has 0 aliphatic carbocycles. The first-order valence-electron chi connectivity index (χ1n) is 6.41. The largest absolute Gasteiger partial charge is 0.494 e. The van der Waals surface area contributed by atoms with E-state index < -0.39 is 0 Å². The van der Waals surface area contributed by atoms with Gasteiger partial charge in [-0.15, -0.1) is 0 Å². The van der Waals surface area contributed by atoms with Gasteiger partial charge in [0, 0.05) is 12.2 Å². The molecule has 0 bridgehead atoms. The normalized spacial score (nSPS) is 10.3. The van der Waals surface area contributed by atoms with Crippen LogP contribution < -0.4 is 10.1 Å². The molecule has 0 saturated carbocycles. The molecule has 19 heavy (non-hydrogen) atoms. The minimum Gasteiger partial charge on any atom is -0.494 e. The van der Waals surface area contributed by atoms with Crippen LogP contribution in [0.15, 0.2) is 42.5 Å². The Labute approximate surface area is 113 Å². The van der Waals surface area contributed by atoms with Crippen molar-refractivity contribution in [2.75, 3.05) is 11.9 Å². The van der Waals surface area contributed by atoms with Crippen molar-refractivity contribution in [3.05, 3.63) is 59.4 Å². The summed E-state index contributed by atoms with van der Waals surface area (Å²) in [4.78, 5) is 0. The van der Waals surface area contributed by atoms with Crippen molar-refractivity contribution in [2.45, 2.75) is 20.4 Å². The van der Waals surface area contributed by atoms with Crippen molar-refractivity contribution in [1.82, 2.24) is 0 Å². The molecule has 3 heteroatoms. The first-order valence-corrected chi connectivity index (χ1v) is 6.41. The Morgan fingerprint density at radius 2 is 1.84 bits per heavy atom. The Kier molecular flexibility index (Phi) is 4.39. The molecular weight excluding hydrogens is 241 g/mol. The zero-order valence-corrected chi connectivity index (χ0v) is 11.2. The fourth-order valence-corrected chi connectivity index (χ4v) is 1.78. The molecule has 100 valence electrons. The van der Waals surface area contributed by atoms with E-state index in [0.717, 1.165) is 17.0 Å². The second-order valence-electron chi connectivity index (χ2n) is 4.39. The van der Waals surface area contributed by atoms with E-state index in [1.807, 2.05) is 37.3 Å². The Hall–Kier alpha value is -2.03. The van der Waals surface area contributed by atoms with Crippen molar-refractivity contribution in [3.63, 3.8) is 0 Å². The predicted octanol–water partition coefficient (Wildman–Crippen LogP) is 4.14. The Morgan fingerprint density at radius 3 is 2.47 bits per heavy atom. The molecule has 0 aliphatic rings. The summed E-state index contributed by atoms with van der Waals surface area (Å²) < 4.78 is 18.8. The van der Waals surface area contributed by atoms with Crippen LogP contribution in [-0.4, -0.2) is 6.61 Å². The third-order valence-corrected chi connectivity index (χ3v) is 2.90. The SMILES string of the molecule is CCOc1ccc(CNc2ccc(C)c(F)c2)cc1. The van der Waals surface area contributed by atoms with Crippen molar-refractivity contribution >= 4 is 5.69 Å². The molecule has 2 nitrogen and oxygen atoms in total. The maximum absolute atomic E-state index is 13.4. The van der Waals surface area contributed by atoms with E-state index in [2.05, 4.69) is 5.32 Å². The number of hydrogen-bond acceptors (Lipinski definition) is 2. The maximum atomic E-state index is 13.4. The molecule has 2 rings (SSSR count). The summed E-state index contributed by atoms with van der Waals surface area (Å²) in [5, 5.41) is 3.20. The molecule has 0 unspecified atom stereocenters. The molecule has 0 saturated heterocycles. The molecule has 0 aliphatic heterocycles. The van der Waals surface area contributed by atoms with Gasteiger partial charge in [-0.25, -0.2) is 4.39 Å². The number of hydrogen-bond donors (Lipinski definition) is 1. The van der Waals surface area contributed by atoms with Gasteiger partial charge in [-0.1, -0.05) is 18.2 Å². The molecule has 0 heterocycles. The lowest BCUT2D eigenvalue weighted by Crippen LogP contribution is -2.00. The highest BCUT2D eigenvalue weighted by molar-refractivity contribution is 5.45. The number of ether oxygens (including phenoxy) is 1. The molecule has 0 radical (unpaired) electrons. The van der Waals surface area contributed by atoms with E-state index >= 15 is 0 Å². The van der Waals surface area contributed by atoms with Gasteiger partial charge in [-0.2, -0.15) is 0 Å². The average Bonchev–Trinajstić information content (AvgIpc) is 2.42. The van der Waals surface area contributed by atoms with E-state index in [9.17, 15) is 4.39 Å². The third kappa shape index (κ3) is 3.71. The van der Waals surface area contributed by atoms with Crippen molar-refractivity contribution in [3.8, 4) is 5.75 Å². The van der Waals surface area contributed by atoms with Crippen LogP contribution in [0.3, 0.4) is 0 Å². The molecule has 2 aromatic carbocycles. The monoisotopic (exact) mass is 259 g/mol. The van der Waals surface area contributed by atoms with E-state index in [4.69, 9.17) is 4.74 Å². The van der Waals surface area contributed by atoms with Crippen LogP contribution in [-0.2, 0) is 6.54 Å². The molecule has 0 amide bonds. The van der Waals surface area contributed by atoms with Crippen LogP contribution >= 0.6 is 0 Å². The Balaban J connectivity index is 1.96. The lowest BCUT2D eigenvalue weighted by atomic mass is 10.2. The summed E-state index contributed by atoms with van der Waals surface area (Å²) in [6.07, 6.45) is 0. The molecule has 0 aromatic heterocycles. The van der Waals surface area contributed by atoms with Crippen LogP contribution in [0.1, 0.15) is 18.1 Å². The Morgan fingerprint density at radius 1 is 1.11 bits per heavy atom. The van der Waals surface area contributed by atoms with Crippen LogP contribution in [0.4, 0.5) is 10.1 Å². The van der Waals surface area contributed by atoms with Crippen molar-refractivity contribution < 1.29 is 9.13 Å². The van der Waals surface area contributed by atoms with Gasteiger partial charge in [0.25, 0.3) is 0 Å². The second-order valence-corrected chi connectivity index (χ2v) is 4.39. The smallest absolute Gasteiger partial charge is 0.128 e. The zero-order valence-electron chi connectivity index (χ0n) is 11.2. The van der Waals surface area contributed by atoms with E-state index in [1.165, 1.54) is 6.07 Å². The zero-order chi connectivity index (χ0) is 13.7. The highest BCUT2D eigenvalue weighted by Gasteiger charge is 2.00. The van der Waals surface area contributed by atoms with Crippen LogP contribution in [0.25, 0.3) is 0 Å².